The fraction of sp³-hybridized carbons (Fsp3) is 0.231. The van der Waals surface area contributed by atoms with Crippen molar-refractivity contribution in [3.05, 3.63) is 46.3 Å². The van der Waals surface area contributed by atoms with Gasteiger partial charge < -0.3 is 9.72 Å². The highest BCUT2D eigenvalue weighted by molar-refractivity contribution is 5.81. The van der Waals surface area contributed by atoms with Crippen LogP contribution in [0.3, 0.4) is 0 Å². The van der Waals surface area contributed by atoms with Gasteiger partial charge in [0.25, 0.3) is 5.56 Å². The predicted molar refractivity (Wildman–Crippen MR) is 65.5 cm³/mol. The molecule has 2 heterocycles. The summed E-state index contributed by atoms with van der Waals surface area (Å²) < 4.78 is 19.4. The zero-order valence-electron chi connectivity index (χ0n) is 9.57. The predicted octanol–water partition coefficient (Wildman–Crippen LogP) is 2.21. The number of nitrogens with zero attached hydrogens (tertiary/aromatic N) is 1. The molecule has 92 valence electrons. The number of H-pyrrole nitrogens is 1. The van der Waals surface area contributed by atoms with E-state index in [0.29, 0.717) is 23.4 Å². The van der Waals surface area contributed by atoms with E-state index >= 15 is 0 Å². The van der Waals surface area contributed by atoms with Gasteiger partial charge in [0.1, 0.15) is 11.6 Å². The number of hydrogen-bond acceptors (Lipinski definition) is 3. The van der Waals surface area contributed by atoms with Crippen LogP contribution in [0.4, 0.5) is 4.39 Å². The minimum Gasteiger partial charge on any atom is -0.493 e. The summed E-state index contributed by atoms with van der Waals surface area (Å²) in [5, 5.41) is 0.246. The number of aromatic amines is 1. The van der Waals surface area contributed by atoms with E-state index in [9.17, 15) is 9.18 Å². The van der Waals surface area contributed by atoms with Crippen LogP contribution in [-0.2, 0) is 4.74 Å². The fourth-order valence-electron chi connectivity index (χ4n) is 2.02. The summed E-state index contributed by atoms with van der Waals surface area (Å²) in [6, 6.07) is 2.76. The molecule has 18 heavy (non-hydrogen) atoms. The number of hydrogen-bond donors (Lipinski definition) is 1. The van der Waals surface area contributed by atoms with Gasteiger partial charge in [0.15, 0.2) is 0 Å². The highest BCUT2D eigenvalue weighted by atomic mass is 19.1. The van der Waals surface area contributed by atoms with Gasteiger partial charge in [-0.1, -0.05) is 0 Å². The molecule has 0 saturated carbocycles. The largest absolute Gasteiger partial charge is 0.493 e. The Labute approximate surface area is 102 Å². The molecule has 4 nitrogen and oxygen atoms in total. The molecule has 0 bridgehead atoms. The zero-order valence-corrected chi connectivity index (χ0v) is 9.57. The SMILES string of the molecule is O=c1[nH]cnc2cc(C3=CCCCO3)c(F)cc12. The van der Waals surface area contributed by atoms with Crippen molar-refractivity contribution in [1.29, 1.82) is 0 Å². The van der Waals surface area contributed by atoms with Crippen molar-refractivity contribution < 1.29 is 9.13 Å². The second-order valence-electron chi connectivity index (χ2n) is 4.14. The summed E-state index contributed by atoms with van der Waals surface area (Å²) >= 11 is 0. The van der Waals surface area contributed by atoms with Crippen LogP contribution in [-0.4, -0.2) is 16.6 Å². The van der Waals surface area contributed by atoms with E-state index in [0.717, 1.165) is 12.8 Å². The lowest BCUT2D eigenvalue weighted by molar-refractivity contribution is 0.257. The van der Waals surface area contributed by atoms with Gasteiger partial charge in [-0.2, -0.15) is 0 Å². The second kappa shape index (κ2) is 4.25. The summed E-state index contributed by atoms with van der Waals surface area (Å²) in [7, 11) is 0. The maximum absolute atomic E-state index is 14.0. The van der Waals surface area contributed by atoms with Gasteiger partial charge in [0, 0.05) is 0 Å². The molecule has 0 saturated heterocycles. The first-order chi connectivity index (χ1) is 8.75. The normalized spacial score (nSPS) is 15.3. The number of allylic oxidation sites excluding steroid dienone is 1. The lowest BCUT2D eigenvalue weighted by atomic mass is 10.1. The summed E-state index contributed by atoms with van der Waals surface area (Å²) in [5.41, 5.74) is 0.481. The molecule has 0 fully saturated rings. The van der Waals surface area contributed by atoms with Crippen LogP contribution in [0, 0.1) is 5.82 Å². The molecule has 0 amide bonds. The minimum atomic E-state index is -0.464. The Balaban J connectivity index is 2.22. The van der Waals surface area contributed by atoms with Gasteiger partial charge in [-0.15, -0.1) is 0 Å². The third-order valence-electron chi connectivity index (χ3n) is 2.93. The van der Waals surface area contributed by atoms with E-state index in [2.05, 4.69) is 9.97 Å². The second-order valence-corrected chi connectivity index (χ2v) is 4.14. The average molecular weight is 246 g/mol. The lowest BCUT2D eigenvalue weighted by Gasteiger charge is -2.15. The van der Waals surface area contributed by atoms with Crippen LogP contribution in [0.2, 0.25) is 0 Å². The third kappa shape index (κ3) is 1.77. The monoisotopic (exact) mass is 246 g/mol. The van der Waals surface area contributed by atoms with Crippen LogP contribution in [0.1, 0.15) is 18.4 Å². The standard InChI is InChI=1S/C13H11FN2O2/c14-10-5-9-11(15-7-16-13(9)17)6-8(10)12-3-1-2-4-18-12/h3,5-7H,1-2,4H2,(H,15,16,17). The van der Waals surface area contributed by atoms with Crippen LogP contribution in [0.5, 0.6) is 0 Å². The van der Waals surface area contributed by atoms with Crippen molar-refractivity contribution in [2.24, 2.45) is 0 Å². The van der Waals surface area contributed by atoms with Crippen molar-refractivity contribution >= 4 is 16.7 Å². The number of fused-ring (bicyclic) bond motifs is 1. The van der Waals surface area contributed by atoms with Gasteiger partial charge in [0.05, 0.1) is 29.4 Å². The molecule has 1 aromatic heterocycles. The Morgan fingerprint density at radius 3 is 3.06 bits per heavy atom. The summed E-state index contributed by atoms with van der Waals surface area (Å²) in [4.78, 5) is 18.0. The molecule has 1 N–H and O–H groups in total. The molecule has 0 unspecified atom stereocenters. The van der Waals surface area contributed by atoms with Gasteiger partial charge in [-0.25, -0.2) is 9.37 Å². The molecule has 0 spiro atoms. The number of nitrogens with one attached hydrogen (secondary N) is 1. The number of ether oxygens (including phenoxy) is 1. The van der Waals surface area contributed by atoms with Gasteiger partial charge in [-0.05, 0) is 31.1 Å². The Kier molecular flexibility index (Phi) is 2.59. The van der Waals surface area contributed by atoms with E-state index < -0.39 is 5.82 Å². The fourth-order valence-corrected chi connectivity index (χ4v) is 2.02. The molecular weight excluding hydrogens is 235 g/mol. The summed E-state index contributed by atoms with van der Waals surface area (Å²) in [6.07, 6.45) is 4.98. The molecule has 5 heteroatoms. The van der Waals surface area contributed by atoms with Crippen LogP contribution >= 0.6 is 0 Å². The van der Waals surface area contributed by atoms with Crippen LogP contribution in [0.15, 0.2) is 29.3 Å². The van der Waals surface area contributed by atoms with Gasteiger partial charge in [-0.3, -0.25) is 4.79 Å². The molecular formula is C13H11FN2O2. The van der Waals surface area contributed by atoms with Crippen molar-refractivity contribution in [2.45, 2.75) is 12.8 Å². The third-order valence-corrected chi connectivity index (χ3v) is 2.93. The van der Waals surface area contributed by atoms with Crippen molar-refractivity contribution in [1.82, 2.24) is 9.97 Å². The maximum Gasteiger partial charge on any atom is 0.258 e. The van der Waals surface area contributed by atoms with E-state index in [-0.39, 0.29) is 10.9 Å². The molecule has 1 aliphatic heterocycles. The van der Waals surface area contributed by atoms with E-state index in [1.165, 1.54) is 12.4 Å². The topological polar surface area (TPSA) is 55.0 Å². The maximum atomic E-state index is 14.0. The van der Waals surface area contributed by atoms with Crippen LogP contribution < -0.4 is 5.56 Å². The van der Waals surface area contributed by atoms with E-state index in [1.54, 1.807) is 6.07 Å². The van der Waals surface area contributed by atoms with Crippen molar-refractivity contribution in [2.75, 3.05) is 6.61 Å². The molecule has 1 aromatic carbocycles. The van der Waals surface area contributed by atoms with Gasteiger partial charge >= 0.3 is 0 Å². The molecule has 2 aromatic rings. The quantitative estimate of drug-likeness (QED) is 0.839. The van der Waals surface area contributed by atoms with Crippen molar-refractivity contribution in [3.63, 3.8) is 0 Å². The average Bonchev–Trinajstić information content (AvgIpc) is 2.40. The minimum absolute atomic E-state index is 0.246. The van der Waals surface area contributed by atoms with Crippen LogP contribution in [0.25, 0.3) is 16.7 Å². The number of rotatable bonds is 1. The Morgan fingerprint density at radius 1 is 1.39 bits per heavy atom. The first kappa shape index (κ1) is 11.0. The summed E-state index contributed by atoms with van der Waals surface area (Å²) in [5.74, 6) is 0.0666. The Bertz CT molecular complexity index is 691. The number of benzene rings is 1. The Hall–Kier alpha value is -2.17. The molecule has 1 aliphatic rings. The van der Waals surface area contributed by atoms with Crippen molar-refractivity contribution in [3.8, 4) is 0 Å². The number of halogens is 1. The molecule has 3 rings (SSSR count). The van der Waals surface area contributed by atoms with E-state index in [1.807, 2.05) is 6.08 Å². The highest BCUT2D eigenvalue weighted by Crippen LogP contribution is 2.26. The van der Waals surface area contributed by atoms with Gasteiger partial charge in [0.2, 0.25) is 0 Å². The molecule has 0 radical (unpaired) electrons. The van der Waals surface area contributed by atoms with E-state index in [4.69, 9.17) is 4.74 Å². The Morgan fingerprint density at radius 2 is 2.28 bits per heavy atom. The molecule has 0 aliphatic carbocycles. The first-order valence-corrected chi connectivity index (χ1v) is 5.76. The highest BCUT2D eigenvalue weighted by Gasteiger charge is 2.14. The number of aromatic nitrogens is 2. The smallest absolute Gasteiger partial charge is 0.258 e. The molecule has 0 atom stereocenters. The zero-order chi connectivity index (χ0) is 12.5. The summed E-state index contributed by atoms with van der Waals surface area (Å²) in [6.45, 7) is 0.589. The first-order valence-electron chi connectivity index (χ1n) is 5.76. The lowest BCUT2D eigenvalue weighted by Crippen LogP contribution is -2.08.